The molecule has 0 spiro atoms. The Labute approximate surface area is 120 Å². The molecule has 0 amide bonds. The Morgan fingerprint density at radius 1 is 0.850 bits per heavy atom. The van der Waals surface area contributed by atoms with Gasteiger partial charge in [0.15, 0.2) is 0 Å². The molecule has 104 valence electrons. The van der Waals surface area contributed by atoms with Crippen LogP contribution in [0, 0.1) is 17.3 Å². The summed E-state index contributed by atoms with van der Waals surface area (Å²) in [5, 5.41) is 9.64. The standard InChI is InChI=1S/C18H22N2/c1-16(2)17(3)14-12-9-13(11-8-6-5-7-10(11)12)15(14)18(16,4)20-19-17/h5-8,12-15H,9H2,1-4H3. The van der Waals surface area contributed by atoms with Crippen LogP contribution in [0.4, 0.5) is 0 Å². The van der Waals surface area contributed by atoms with Gasteiger partial charge in [-0.25, -0.2) is 0 Å². The molecule has 4 aliphatic rings. The maximum atomic E-state index is 4.82. The third kappa shape index (κ3) is 0.839. The first-order chi connectivity index (χ1) is 9.42. The first-order valence-corrected chi connectivity index (χ1v) is 7.95. The van der Waals surface area contributed by atoms with Crippen molar-refractivity contribution in [1.29, 1.82) is 0 Å². The number of hydrogen-bond donors (Lipinski definition) is 0. The van der Waals surface area contributed by atoms with Gasteiger partial charge in [-0.2, -0.15) is 10.2 Å². The van der Waals surface area contributed by atoms with Gasteiger partial charge in [-0.3, -0.25) is 0 Å². The van der Waals surface area contributed by atoms with Crippen molar-refractivity contribution in [3.05, 3.63) is 35.4 Å². The van der Waals surface area contributed by atoms with Crippen LogP contribution < -0.4 is 0 Å². The maximum absolute atomic E-state index is 4.82. The van der Waals surface area contributed by atoms with Crippen molar-refractivity contribution in [2.24, 2.45) is 27.5 Å². The average Bonchev–Trinajstić information content (AvgIpc) is 3.07. The lowest BCUT2D eigenvalue weighted by Crippen LogP contribution is -2.45. The Morgan fingerprint density at radius 3 is 1.75 bits per heavy atom. The second-order valence-electron chi connectivity index (χ2n) is 8.25. The summed E-state index contributed by atoms with van der Waals surface area (Å²) in [5.74, 6) is 2.82. The Bertz CT molecular complexity index is 608. The molecule has 4 bridgehead atoms. The monoisotopic (exact) mass is 266 g/mol. The molecule has 3 aliphatic carbocycles. The molecular weight excluding hydrogens is 244 g/mol. The topological polar surface area (TPSA) is 24.7 Å². The van der Waals surface area contributed by atoms with Crippen molar-refractivity contribution < 1.29 is 0 Å². The van der Waals surface area contributed by atoms with Crippen molar-refractivity contribution in [3.8, 4) is 0 Å². The predicted molar refractivity (Wildman–Crippen MR) is 79.0 cm³/mol. The lowest BCUT2D eigenvalue weighted by atomic mass is 9.66. The van der Waals surface area contributed by atoms with E-state index in [0.717, 1.165) is 0 Å². The normalized spacial score (nSPS) is 52.4. The number of azo groups is 1. The average molecular weight is 266 g/mol. The van der Waals surface area contributed by atoms with Crippen LogP contribution in [0.3, 0.4) is 0 Å². The van der Waals surface area contributed by atoms with Gasteiger partial charge in [-0.05, 0) is 55.1 Å². The van der Waals surface area contributed by atoms with Crippen LogP contribution in [0.5, 0.6) is 0 Å². The molecule has 2 nitrogen and oxygen atoms in total. The number of rotatable bonds is 0. The molecule has 2 heteroatoms. The minimum atomic E-state index is 0.0271. The zero-order valence-corrected chi connectivity index (χ0v) is 12.7. The third-order valence-electron chi connectivity index (χ3n) is 7.85. The van der Waals surface area contributed by atoms with Crippen molar-refractivity contribution in [2.45, 2.75) is 57.0 Å². The van der Waals surface area contributed by atoms with E-state index in [1.807, 2.05) is 0 Å². The molecule has 0 radical (unpaired) electrons. The van der Waals surface area contributed by atoms with Crippen molar-refractivity contribution in [2.75, 3.05) is 0 Å². The van der Waals surface area contributed by atoms with Crippen LogP contribution in [-0.4, -0.2) is 11.1 Å². The van der Waals surface area contributed by atoms with E-state index in [2.05, 4.69) is 52.0 Å². The highest BCUT2D eigenvalue weighted by atomic mass is 15.3. The van der Waals surface area contributed by atoms with Gasteiger partial charge in [0.25, 0.3) is 0 Å². The molecule has 1 aromatic rings. The van der Waals surface area contributed by atoms with E-state index in [1.54, 1.807) is 11.1 Å². The van der Waals surface area contributed by atoms with Gasteiger partial charge in [-0.1, -0.05) is 38.1 Å². The van der Waals surface area contributed by atoms with Gasteiger partial charge in [0.1, 0.15) is 0 Å². The van der Waals surface area contributed by atoms with Crippen molar-refractivity contribution >= 4 is 0 Å². The van der Waals surface area contributed by atoms with Gasteiger partial charge in [-0.15, -0.1) is 0 Å². The molecule has 2 fully saturated rings. The molecular formula is C18H22N2. The molecule has 1 aromatic carbocycles. The molecule has 1 heterocycles. The van der Waals surface area contributed by atoms with Crippen LogP contribution in [-0.2, 0) is 0 Å². The lowest BCUT2D eigenvalue weighted by Gasteiger charge is -2.38. The predicted octanol–water partition coefficient (Wildman–Crippen LogP) is 4.53. The first kappa shape index (κ1) is 11.5. The van der Waals surface area contributed by atoms with E-state index >= 15 is 0 Å². The van der Waals surface area contributed by atoms with Gasteiger partial charge < -0.3 is 0 Å². The fraction of sp³-hybridized carbons (Fsp3) is 0.667. The Morgan fingerprint density at radius 2 is 1.30 bits per heavy atom. The van der Waals surface area contributed by atoms with E-state index in [0.29, 0.717) is 23.7 Å². The molecule has 2 saturated carbocycles. The number of hydrogen-bond acceptors (Lipinski definition) is 2. The van der Waals surface area contributed by atoms with E-state index in [1.165, 1.54) is 6.42 Å². The summed E-state index contributed by atoms with van der Waals surface area (Å²) in [6.07, 6.45) is 1.33. The highest BCUT2D eigenvalue weighted by molar-refractivity contribution is 5.49. The van der Waals surface area contributed by atoms with E-state index in [-0.39, 0.29) is 16.5 Å². The Kier molecular flexibility index (Phi) is 1.65. The van der Waals surface area contributed by atoms with E-state index < -0.39 is 0 Å². The highest BCUT2D eigenvalue weighted by Crippen LogP contribution is 2.78. The summed E-state index contributed by atoms with van der Waals surface area (Å²) < 4.78 is 0. The molecule has 5 rings (SSSR count). The smallest absolute Gasteiger partial charge is 0.0900 e. The minimum absolute atomic E-state index is 0.0271. The molecule has 6 unspecified atom stereocenters. The lowest BCUT2D eigenvalue weighted by molar-refractivity contribution is 0.162. The number of nitrogens with zero attached hydrogens (tertiary/aromatic N) is 2. The summed E-state index contributed by atoms with van der Waals surface area (Å²) in [5.41, 5.74) is 3.46. The fourth-order valence-corrected chi connectivity index (χ4v) is 6.31. The summed E-state index contributed by atoms with van der Waals surface area (Å²) in [4.78, 5) is 0. The highest BCUT2D eigenvalue weighted by Gasteiger charge is 2.78. The molecule has 0 aromatic heterocycles. The largest absolute Gasteiger partial charge is 0.186 e. The van der Waals surface area contributed by atoms with Gasteiger partial charge in [0.05, 0.1) is 11.1 Å². The fourth-order valence-electron chi connectivity index (χ4n) is 6.31. The molecule has 0 saturated heterocycles. The van der Waals surface area contributed by atoms with Gasteiger partial charge >= 0.3 is 0 Å². The SMILES string of the molecule is CC12N=NC(C)(C3C4CC(c5ccccc54)C31)C2(C)C. The summed E-state index contributed by atoms with van der Waals surface area (Å²) in [6, 6.07) is 9.13. The number of fused-ring (bicyclic) bond motifs is 12. The third-order valence-corrected chi connectivity index (χ3v) is 7.85. The van der Waals surface area contributed by atoms with Crippen LogP contribution in [0.2, 0.25) is 0 Å². The first-order valence-electron chi connectivity index (χ1n) is 7.95. The second kappa shape index (κ2) is 2.88. The van der Waals surface area contributed by atoms with E-state index in [4.69, 9.17) is 10.2 Å². The zero-order chi connectivity index (χ0) is 13.9. The molecule has 20 heavy (non-hydrogen) atoms. The summed E-state index contributed by atoms with van der Waals surface area (Å²) in [7, 11) is 0. The van der Waals surface area contributed by atoms with Gasteiger partial charge in [0.2, 0.25) is 0 Å². The zero-order valence-electron chi connectivity index (χ0n) is 12.7. The van der Waals surface area contributed by atoms with Crippen LogP contribution >= 0.6 is 0 Å². The van der Waals surface area contributed by atoms with Crippen LogP contribution in [0.15, 0.2) is 34.5 Å². The summed E-state index contributed by atoms with van der Waals surface area (Å²) >= 11 is 0. The quantitative estimate of drug-likeness (QED) is 0.616. The summed E-state index contributed by atoms with van der Waals surface area (Å²) in [6.45, 7) is 9.54. The van der Waals surface area contributed by atoms with Crippen molar-refractivity contribution in [3.63, 3.8) is 0 Å². The molecule has 0 N–H and O–H groups in total. The Balaban J connectivity index is 1.78. The van der Waals surface area contributed by atoms with Crippen molar-refractivity contribution in [1.82, 2.24) is 0 Å². The van der Waals surface area contributed by atoms with Crippen LogP contribution in [0.25, 0.3) is 0 Å². The minimum Gasteiger partial charge on any atom is -0.186 e. The van der Waals surface area contributed by atoms with Gasteiger partial charge in [0, 0.05) is 5.41 Å². The maximum Gasteiger partial charge on any atom is 0.0900 e. The molecule has 6 atom stereocenters. The second-order valence-corrected chi connectivity index (χ2v) is 8.25. The Hall–Kier alpha value is -1.18. The number of benzene rings is 1. The molecule has 1 aliphatic heterocycles. The van der Waals surface area contributed by atoms with E-state index in [9.17, 15) is 0 Å². The van der Waals surface area contributed by atoms with Crippen LogP contribution in [0.1, 0.15) is 57.1 Å².